The van der Waals surface area contributed by atoms with Gasteiger partial charge in [0, 0.05) is 19.0 Å². The fraction of sp³-hybridized carbons (Fsp3) is 0.857. The van der Waals surface area contributed by atoms with Gasteiger partial charge in [0.15, 0.2) is 0 Å². The monoisotopic (exact) mass is 180 g/mol. The molecule has 1 atom stereocenters. The highest BCUT2D eigenvalue weighted by molar-refractivity contribution is 5.91. The minimum atomic E-state index is -4.25. The third-order valence-corrected chi connectivity index (χ3v) is 1.90. The molecule has 0 amide bonds. The molecule has 70 valence electrons. The highest BCUT2D eigenvalue weighted by Crippen LogP contribution is 2.26. The maximum Gasteiger partial charge on any atom is 0.431 e. The van der Waals surface area contributed by atoms with Crippen molar-refractivity contribution in [3.63, 3.8) is 0 Å². The third kappa shape index (κ3) is 1.70. The molecule has 0 aromatic heterocycles. The van der Waals surface area contributed by atoms with Crippen LogP contribution in [0, 0.1) is 0 Å². The van der Waals surface area contributed by atoms with E-state index < -0.39 is 11.9 Å². The minimum absolute atomic E-state index is 0.0112. The number of hydrogen-bond donors (Lipinski definition) is 0. The number of halogens is 3. The Bertz CT molecular complexity index is 197. The van der Waals surface area contributed by atoms with E-state index in [1.54, 1.807) is 13.8 Å². The summed E-state index contributed by atoms with van der Waals surface area (Å²) in [5.41, 5.74) is -0.656. The second kappa shape index (κ2) is 2.95. The number of hydrogen-bond acceptors (Lipinski definition) is 2. The maximum absolute atomic E-state index is 12.1. The molecule has 0 fully saturated rings. The zero-order chi connectivity index (χ0) is 9.35. The normalized spacial score (nSPS) is 24.6. The highest BCUT2D eigenvalue weighted by Gasteiger charge is 2.40. The standard InChI is InChI=1S/C7H11F3N2/c1-3-12-5(2)4-6(11-12)7(8,9)10/h5H,3-4H2,1-2H3. The molecule has 0 radical (unpaired) electrons. The summed E-state index contributed by atoms with van der Waals surface area (Å²) in [5.74, 6) is 0. The Morgan fingerprint density at radius 1 is 1.58 bits per heavy atom. The highest BCUT2D eigenvalue weighted by atomic mass is 19.4. The molecule has 0 saturated carbocycles. The fourth-order valence-electron chi connectivity index (χ4n) is 1.23. The van der Waals surface area contributed by atoms with Gasteiger partial charge in [0.25, 0.3) is 0 Å². The lowest BCUT2D eigenvalue weighted by Gasteiger charge is -2.16. The molecule has 1 heterocycles. The van der Waals surface area contributed by atoms with E-state index in [0.29, 0.717) is 6.54 Å². The Morgan fingerprint density at radius 3 is 2.42 bits per heavy atom. The summed E-state index contributed by atoms with van der Waals surface area (Å²) in [4.78, 5) is 0. The first-order chi connectivity index (χ1) is 5.45. The molecule has 0 aliphatic carbocycles. The minimum Gasteiger partial charge on any atom is -0.294 e. The van der Waals surface area contributed by atoms with Crippen molar-refractivity contribution in [3.8, 4) is 0 Å². The lowest BCUT2D eigenvalue weighted by molar-refractivity contribution is -0.0601. The quantitative estimate of drug-likeness (QED) is 0.602. The summed E-state index contributed by atoms with van der Waals surface area (Å²) in [6.45, 7) is 4.06. The summed E-state index contributed by atoms with van der Waals surface area (Å²) >= 11 is 0. The molecule has 0 bridgehead atoms. The van der Waals surface area contributed by atoms with Crippen molar-refractivity contribution >= 4 is 5.71 Å². The van der Waals surface area contributed by atoms with Gasteiger partial charge in [-0.3, -0.25) is 5.01 Å². The van der Waals surface area contributed by atoms with Crippen LogP contribution >= 0.6 is 0 Å². The number of nitrogens with zero attached hydrogens (tertiary/aromatic N) is 2. The van der Waals surface area contributed by atoms with Gasteiger partial charge in [0.2, 0.25) is 0 Å². The van der Waals surface area contributed by atoms with Crippen LogP contribution in [0.3, 0.4) is 0 Å². The van der Waals surface area contributed by atoms with Crippen LogP contribution in [-0.2, 0) is 0 Å². The smallest absolute Gasteiger partial charge is 0.294 e. The van der Waals surface area contributed by atoms with Gasteiger partial charge in [-0.2, -0.15) is 18.3 Å². The van der Waals surface area contributed by atoms with Gasteiger partial charge >= 0.3 is 6.18 Å². The molecular formula is C7H11F3N2. The average Bonchev–Trinajstić information content (AvgIpc) is 2.29. The van der Waals surface area contributed by atoms with Crippen LogP contribution < -0.4 is 0 Å². The van der Waals surface area contributed by atoms with Crippen molar-refractivity contribution in [1.82, 2.24) is 5.01 Å². The Kier molecular flexibility index (Phi) is 2.30. The van der Waals surface area contributed by atoms with Crippen LogP contribution in [0.25, 0.3) is 0 Å². The average molecular weight is 180 g/mol. The van der Waals surface area contributed by atoms with Gasteiger partial charge in [0.1, 0.15) is 5.71 Å². The SMILES string of the molecule is CCN1N=C(C(F)(F)F)CC1C. The van der Waals surface area contributed by atoms with E-state index in [9.17, 15) is 13.2 Å². The molecule has 0 saturated heterocycles. The lowest BCUT2D eigenvalue weighted by atomic mass is 10.2. The topological polar surface area (TPSA) is 15.6 Å². The first-order valence-electron chi connectivity index (χ1n) is 3.86. The molecule has 1 rings (SSSR count). The summed E-state index contributed by atoms with van der Waals surface area (Å²) in [5, 5.41) is 4.94. The summed E-state index contributed by atoms with van der Waals surface area (Å²) in [6, 6.07) is -0.119. The fourth-order valence-corrected chi connectivity index (χ4v) is 1.23. The van der Waals surface area contributed by atoms with Crippen molar-refractivity contribution in [3.05, 3.63) is 0 Å². The van der Waals surface area contributed by atoms with E-state index in [1.165, 1.54) is 5.01 Å². The van der Waals surface area contributed by atoms with E-state index in [-0.39, 0.29) is 12.5 Å². The first-order valence-corrected chi connectivity index (χ1v) is 3.86. The molecule has 0 spiro atoms. The molecule has 0 N–H and O–H groups in total. The molecule has 0 aromatic rings. The predicted octanol–water partition coefficient (Wildman–Crippen LogP) is 2.02. The summed E-state index contributed by atoms with van der Waals surface area (Å²) < 4.78 is 36.3. The van der Waals surface area contributed by atoms with Crippen LogP contribution in [0.5, 0.6) is 0 Å². The zero-order valence-corrected chi connectivity index (χ0v) is 7.02. The van der Waals surface area contributed by atoms with Crippen molar-refractivity contribution in [2.45, 2.75) is 32.5 Å². The van der Waals surface area contributed by atoms with Crippen LogP contribution in [0.2, 0.25) is 0 Å². The van der Waals surface area contributed by atoms with Crippen molar-refractivity contribution in [2.24, 2.45) is 5.10 Å². The van der Waals surface area contributed by atoms with E-state index in [1.807, 2.05) is 0 Å². The molecule has 1 aliphatic rings. The Balaban J connectivity index is 2.72. The first kappa shape index (κ1) is 9.35. The third-order valence-electron chi connectivity index (χ3n) is 1.90. The molecule has 0 aromatic carbocycles. The maximum atomic E-state index is 12.1. The molecule has 5 heteroatoms. The van der Waals surface area contributed by atoms with E-state index in [2.05, 4.69) is 5.10 Å². The molecular weight excluding hydrogens is 169 g/mol. The zero-order valence-electron chi connectivity index (χ0n) is 7.02. The van der Waals surface area contributed by atoms with Crippen molar-refractivity contribution in [2.75, 3.05) is 6.54 Å². The van der Waals surface area contributed by atoms with Gasteiger partial charge in [-0.15, -0.1) is 0 Å². The largest absolute Gasteiger partial charge is 0.431 e. The van der Waals surface area contributed by atoms with E-state index >= 15 is 0 Å². The predicted molar refractivity (Wildman–Crippen MR) is 39.9 cm³/mol. The Morgan fingerprint density at radius 2 is 2.17 bits per heavy atom. The van der Waals surface area contributed by atoms with Gasteiger partial charge in [-0.25, -0.2) is 0 Å². The second-order valence-electron chi connectivity index (χ2n) is 2.85. The van der Waals surface area contributed by atoms with Gasteiger partial charge in [0.05, 0.1) is 0 Å². The molecule has 1 unspecified atom stereocenters. The van der Waals surface area contributed by atoms with E-state index in [0.717, 1.165) is 0 Å². The number of alkyl halides is 3. The molecule has 2 nitrogen and oxygen atoms in total. The molecule has 12 heavy (non-hydrogen) atoms. The van der Waals surface area contributed by atoms with Gasteiger partial charge in [-0.05, 0) is 13.8 Å². The number of rotatable bonds is 1. The van der Waals surface area contributed by atoms with E-state index in [4.69, 9.17) is 0 Å². The van der Waals surface area contributed by atoms with Gasteiger partial charge < -0.3 is 0 Å². The van der Waals surface area contributed by atoms with Crippen LogP contribution in [-0.4, -0.2) is 29.5 Å². The van der Waals surface area contributed by atoms with Crippen molar-refractivity contribution < 1.29 is 13.2 Å². The number of hydrazone groups is 1. The lowest BCUT2D eigenvalue weighted by Crippen LogP contribution is -2.24. The van der Waals surface area contributed by atoms with Crippen LogP contribution in [0.1, 0.15) is 20.3 Å². The van der Waals surface area contributed by atoms with Crippen LogP contribution in [0.15, 0.2) is 5.10 Å². The Hall–Kier alpha value is -0.740. The summed E-state index contributed by atoms with van der Waals surface area (Å²) in [7, 11) is 0. The van der Waals surface area contributed by atoms with Gasteiger partial charge in [-0.1, -0.05) is 0 Å². The van der Waals surface area contributed by atoms with Crippen LogP contribution in [0.4, 0.5) is 13.2 Å². The molecule has 1 aliphatic heterocycles. The Labute approximate surface area is 69.0 Å². The summed E-state index contributed by atoms with van der Waals surface area (Å²) in [6.07, 6.45) is -4.24. The second-order valence-corrected chi connectivity index (χ2v) is 2.85. The van der Waals surface area contributed by atoms with Crippen molar-refractivity contribution in [1.29, 1.82) is 0 Å².